The Balaban J connectivity index is 1.42. The monoisotopic (exact) mass is 408 g/mol. The van der Waals surface area contributed by atoms with Crippen molar-refractivity contribution in [2.75, 3.05) is 51.2 Å². The summed E-state index contributed by atoms with van der Waals surface area (Å²) in [5.74, 6) is 0.556. The Morgan fingerprint density at radius 3 is 2.34 bits per heavy atom. The first kappa shape index (κ1) is 21.5. The number of piperazine rings is 1. The number of benzene rings is 1. The van der Waals surface area contributed by atoms with Crippen molar-refractivity contribution < 1.29 is 18.3 Å². The Hall–Kier alpha value is -2.16. The van der Waals surface area contributed by atoms with Crippen LogP contribution in [-0.2, 0) is 12.7 Å². The Morgan fingerprint density at radius 2 is 1.76 bits per heavy atom. The average Bonchev–Trinajstić information content (AvgIpc) is 2.68. The highest BCUT2D eigenvalue weighted by Crippen LogP contribution is 2.29. The van der Waals surface area contributed by atoms with Gasteiger partial charge in [0, 0.05) is 52.0 Å². The molecule has 0 aliphatic carbocycles. The first-order valence-corrected chi connectivity index (χ1v) is 9.72. The molecule has 1 aliphatic heterocycles. The van der Waals surface area contributed by atoms with Gasteiger partial charge in [0.15, 0.2) is 0 Å². The number of β-amino-alcohol motifs (C(OH)–C–C–N with tert-alkyl or cyclic N) is 1. The van der Waals surface area contributed by atoms with Gasteiger partial charge >= 0.3 is 6.18 Å². The number of alkyl halides is 3. The number of likely N-dealkylation sites (N-methyl/N-ethyl adjacent to an activating group) is 1. The first-order chi connectivity index (χ1) is 13.8. The number of aliphatic hydroxyl groups is 1. The van der Waals surface area contributed by atoms with Crippen molar-refractivity contribution in [2.24, 2.45) is 0 Å². The van der Waals surface area contributed by atoms with Crippen molar-refractivity contribution in [3.63, 3.8) is 0 Å². The number of rotatable bonds is 7. The van der Waals surface area contributed by atoms with Gasteiger partial charge in [-0.2, -0.15) is 13.2 Å². The molecule has 0 spiro atoms. The molecular formula is C21H27F3N4O. The minimum atomic E-state index is -4.37. The van der Waals surface area contributed by atoms with E-state index in [1.807, 2.05) is 30.1 Å². The molecule has 5 nitrogen and oxygen atoms in total. The van der Waals surface area contributed by atoms with Crippen molar-refractivity contribution in [1.29, 1.82) is 0 Å². The molecule has 1 N–H and O–H groups in total. The van der Waals surface area contributed by atoms with Gasteiger partial charge in [-0.05, 0) is 24.7 Å². The predicted octanol–water partition coefficient (Wildman–Crippen LogP) is 2.72. The maximum Gasteiger partial charge on any atom is 0.417 e. The van der Waals surface area contributed by atoms with Gasteiger partial charge in [0.05, 0.1) is 11.7 Å². The third-order valence-corrected chi connectivity index (χ3v) is 5.06. The molecule has 1 aromatic heterocycles. The van der Waals surface area contributed by atoms with Crippen LogP contribution in [0.1, 0.15) is 11.1 Å². The second-order valence-electron chi connectivity index (χ2n) is 7.53. The molecule has 1 atom stereocenters. The molecule has 1 aromatic carbocycles. The zero-order valence-corrected chi connectivity index (χ0v) is 16.5. The Morgan fingerprint density at radius 1 is 1.07 bits per heavy atom. The standard InChI is InChI=1S/C21H27F3N4O/c1-26(14-17-5-3-2-4-6-17)15-19(29)16-27-9-11-28(12-10-27)20-8-7-18(13-25-20)21(22,23)24/h2-8,13,19,29H,9-12,14-16H2,1H3. The third kappa shape index (κ3) is 6.42. The van der Waals surface area contributed by atoms with Crippen LogP contribution in [-0.4, -0.2) is 72.3 Å². The summed E-state index contributed by atoms with van der Waals surface area (Å²) in [7, 11) is 1.99. The summed E-state index contributed by atoms with van der Waals surface area (Å²) < 4.78 is 38.0. The molecule has 29 heavy (non-hydrogen) atoms. The van der Waals surface area contributed by atoms with Crippen molar-refractivity contribution in [1.82, 2.24) is 14.8 Å². The molecule has 0 saturated carbocycles. The lowest BCUT2D eigenvalue weighted by molar-refractivity contribution is -0.137. The fourth-order valence-electron chi connectivity index (χ4n) is 3.58. The summed E-state index contributed by atoms with van der Waals surface area (Å²) in [5.41, 5.74) is 0.475. The molecule has 0 bridgehead atoms. The van der Waals surface area contributed by atoms with Gasteiger partial charge in [-0.25, -0.2) is 4.98 Å². The van der Waals surface area contributed by atoms with Crippen molar-refractivity contribution >= 4 is 5.82 Å². The molecule has 1 fully saturated rings. The van der Waals surface area contributed by atoms with Crippen LogP contribution in [0, 0.1) is 0 Å². The quantitative estimate of drug-likeness (QED) is 0.763. The van der Waals surface area contributed by atoms with E-state index < -0.39 is 17.8 Å². The molecule has 2 heterocycles. The zero-order chi connectivity index (χ0) is 20.9. The molecule has 1 unspecified atom stereocenters. The molecule has 0 radical (unpaired) electrons. The fraction of sp³-hybridized carbons (Fsp3) is 0.476. The highest BCUT2D eigenvalue weighted by atomic mass is 19.4. The van der Waals surface area contributed by atoms with Gasteiger partial charge in [0.1, 0.15) is 5.82 Å². The summed E-state index contributed by atoms with van der Waals surface area (Å²) in [6.07, 6.45) is -3.94. The number of halogens is 3. The minimum absolute atomic E-state index is 0.459. The topological polar surface area (TPSA) is 42.8 Å². The SMILES string of the molecule is CN(Cc1ccccc1)CC(O)CN1CCN(c2ccc(C(F)(F)F)cn2)CC1. The Labute approximate surface area is 169 Å². The van der Waals surface area contributed by atoms with Gasteiger partial charge in [0.2, 0.25) is 0 Å². The number of hydrogen-bond acceptors (Lipinski definition) is 5. The second-order valence-corrected chi connectivity index (χ2v) is 7.53. The van der Waals surface area contributed by atoms with E-state index >= 15 is 0 Å². The number of hydrogen-bond donors (Lipinski definition) is 1. The molecular weight excluding hydrogens is 381 g/mol. The summed E-state index contributed by atoms with van der Waals surface area (Å²) >= 11 is 0. The molecule has 3 rings (SSSR count). The van der Waals surface area contributed by atoms with Crippen LogP contribution in [0.4, 0.5) is 19.0 Å². The number of pyridine rings is 1. The van der Waals surface area contributed by atoms with Gasteiger partial charge in [-0.15, -0.1) is 0 Å². The molecule has 2 aromatic rings. The highest BCUT2D eigenvalue weighted by molar-refractivity contribution is 5.40. The molecule has 8 heteroatoms. The number of aromatic nitrogens is 1. The first-order valence-electron chi connectivity index (χ1n) is 9.72. The molecule has 158 valence electrons. The fourth-order valence-corrected chi connectivity index (χ4v) is 3.58. The van der Waals surface area contributed by atoms with Crippen LogP contribution in [0.5, 0.6) is 0 Å². The largest absolute Gasteiger partial charge is 0.417 e. The van der Waals surface area contributed by atoms with Gasteiger partial charge in [-0.1, -0.05) is 30.3 Å². The summed E-state index contributed by atoms with van der Waals surface area (Å²) in [6.45, 7) is 4.76. The maximum atomic E-state index is 12.7. The lowest BCUT2D eigenvalue weighted by Crippen LogP contribution is -2.50. The van der Waals surface area contributed by atoms with Crippen LogP contribution in [0.2, 0.25) is 0 Å². The summed E-state index contributed by atoms with van der Waals surface area (Å²) in [4.78, 5) is 10.2. The van der Waals surface area contributed by atoms with E-state index in [4.69, 9.17) is 0 Å². The van der Waals surface area contributed by atoms with Crippen molar-refractivity contribution in [2.45, 2.75) is 18.8 Å². The molecule has 1 aliphatic rings. The van der Waals surface area contributed by atoms with E-state index in [9.17, 15) is 18.3 Å². The molecule has 1 saturated heterocycles. The summed E-state index contributed by atoms with van der Waals surface area (Å²) in [5, 5.41) is 10.4. The summed E-state index contributed by atoms with van der Waals surface area (Å²) in [6, 6.07) is 12.6. The van der Waals surface area contributed by atoms with Gasteiger partial charge in [0.25, 0.3) is 0 Å². The maximum absolute atomic E-state index is 12.7. The van der Waals surface area contributed by atoms with E-state index in [0.29, 0.717) is 32.0 Å². The van der Waals surface area contributed by atoms with E-state index in [1.54, 1.807) is 0 Å². The highest BCUT2D eigenvalue weighted by Gasteiger charge is 2.31. The van der Waals surface area contributed by atoms with Gasteiger partial charge in [-0.3, -0.25) is 9.80 Å². The normalized spacial score (nSPS) is 17.0. The van der Waals surface area contributed by atoms with E-state index in [2.05, 4.69) is 26.9 Å². The zero-order valence-electron chi connectivity index (χ0n) is 16.5. The van der Waals surface area contributed by atoms with Gasteiger partial charge < -0.3 is 10.0 Å². The predicted molar refractivity (Wildman–Crippen MR) is 107 cm³/mol. The number of anilines is 1. The van der Waals surface area contributed by atoms with Crippen LogP contribution >= 0.6 is 0 Å². The Bertz CT molecular complexity index is 747. The smallest absolute Gasteiger partial charge is 0.390 e. The number of nitrogens with zero attached hydrogens (tertiary/aromatic N) is 4. The average molecular weight is 408 g/mol. The van der Waals surface area contributed by atoms with Crippen LogP contribution in [0.25, 0.3) is 0 Å². The van der Waals surface area contributed by atoms with E-state index in [1.165, 1.54) is 11.6 Å². The third-order valence-electron chi connectivity index (χ3n) is 5.06. The van der Waals surface area contributed by atoms with E-state index in [0.717, 1.165) is 31.9 Å². The van der Waals surface area contributed by atoms with E-state index in [-0.39, 0.29) is 0 Å². The Kier molecular flexibility index (Phi) is 7.10. The number of aliphatic hydroxyl groups excluding tert-OH is 1. The minimum Gasteiger partial charge on any atom is -0.390 e. The molecule has 0 amide bonds. The lowest BCUT2D eigenvalue weighted by Gasteiger charge is -2.36. The lowest BCUT2D eigenvalue weighted by atomic mass is 10.2. The second kappa shape index (κ2) is 9.56. The van der Waals surface area contributed by atoms with Crippen LogP contribution < -0.4 is 4.90 Å². The van der Waals surface area contributed by atoms with Crippen LogP contribution in [0.3, 0.4) is 0 Å². The van der Waals surface area contributed by atoms with Crippen molar-refractivity contribution in [3.8, 4) is 0 Å². The van der Waals surface area contributed by atoms with Crippen LogP contribution in [0.15, 0.2) is 48.7 Å². The van der Waals surface area contributed by atoms with Crippen molar-refractivity contribution in [3.05, 3.63) is 59.8 Å².